The number of piperidine rings is 1. The Labute approximate surface area is 172 Å². The molecule has 156 valence electrons. The van der Waals surface area contributed by atoms with Crippen LogP contribution in [0.25, 0.3) is 0 Å². The highest BCUT2D eigenvalue weighted by Gasteiger charge is 2.44. The third-order valence-electron chi connectivity index (χ3n) is 5.73. The predicted octanol–water partition coefficient (Wildman–Crippen LogP) is 4.34. The summed E-state index contributed by atoms with van der Waals surface area (Å²) in [6.07, 6.45) is 3.88. The summed E-state index contributed by atoms with van der Waals surface area (Å²) in [7, 11) is 0. The van der Waals surface area contributed by atoms with Crippen LogP contribution in [-0.2, 0) is 10.2 Å². The smallest absolute Gasteiger partial charge is 0.291 e. The summed E-state index contributed by atoms with van der Waals surface area (Å²) in [4.78, 5) is 24.0. The van der Waals surface area contributed by atoms with Crippen molar-refractivity contribution in [2.24, 2.45) is 5.92 Å². The molecule has 1 unspecified atom stereocenters. The van der Waals surface area contributed by atoms with E-state index in [-0.39, 0.29) is 11.7 Å². The molecule has 1 fully saturated rings. The first kappa shape index (κ1) is 22.6. The maximum absolute atomic E-state index is 13.1. The monoisotopic (exact) mass is 398 g/mol. The summed E-state index contributed by atoms with van der Waals surface area (Å²) in [6.45, 7) is 7.27. The molecule has 0 aliphatic carbocycles. The number of nitrogens with zero attached hydrogens (tertiary/aromatic N) is 2. The molecule has 1 saturated heterocycles. The quantitative estimate of drug-likeness (QED) is 0.578. The van der Waals surface area contributed by atoms with E-state index in [1.165, 1.54) is 19.3 Å². The Morgan fingerprint density at radius 3 is 1.83 bits per heavy atom. The van der Waals surface area contributed by atoms with E-state index in [0.717, 1.165) is 30.8 Å². The van der Waals surface area contributed by atoms with Crippen LogP contribution in [0.1, 0.15) is 44.2 Å². The Hall–Kier alpha value is -2.73. The van der Waals surface area contributed by atoms with Crippen molar-refractivity contribution in [3.63, 3.8) is 0 Å². The Balaban J connectivity index is 0.000000687. The lowest BCUT2D eigenvalue weighted by Gasteiger charge is -2.41. The summed E-state index contributed by atoms with van der Waals surface area (Å²) in [5, 5.41) is 13.6. The molecular formula is C23H30N2O4. The van der Waals surface area contributed by atoms with Gasteiger partial charge < -0.3 is 10.1 Å². The third-order valence-corrected chi connectivity index (χ3v) is 5.73. The minimum atomic E-state index is -1.50. The van der Waals surface area contributed by atoms with Gasteiger partial charge in [0.05, 0.1) is 5.41 Å². The van der Waals surface area contributed by atoms with Gasteiger partial charge in [-0.3, -0.25) is 4.79 Å². The zero-order chi connectivity index (χ0) is 21.3. The second kappa shape index (κ2) is 10.7. The number of carbonyl (C=O) groups is 1. The molecule has 0 spiro atoms. The van der Waals surface area contributed by atoms with Gasteiger partial charge in [-0.25, -0.2) is 0 Å². The van der Waals surface area contributed by atoms with Crippen LogP contribution < -0.4 is 0 Å². The van der Waals surface area contributed by atoms with Crippen molar-refractivity contribution in [2.45, 2.75) is 38.5 Å². The number of Topliss-reactive ketones (excluding diaryl/α,β-unsaturated/α-hetero) is 1. The molecule has 3 rings (SSSR count). The van der Waals surface area contributed by atoms with Gasteiger partial charge in [0.25, 0.3) is 5.09 Å². The highest BCUT2D eigenvalue weighted by molar-refractivity contribution is 5.92. The van der Waals surface area contributed by atoms with E-state index >= 15 is 0 Å². The number of likely N-dealkylation sites (tertiary alicyclic amines) is 1. The van der Waals surface area contributed by atoms with Gasteiger partial charge in [-0.2, -0.15) is 0 Å². The fourth-order valence-corrected chi connectivity index (χ4v) is 4.56. The van der Waals surface area contributed by atoms with Crippen LogP contribution in [0.3, 0.4) is 0 Å². The number of hydrogen-bond acceptors (Lipinski definition) is 4. The maximum Gasteiger partial charge on any atom is 0.291 e. The van der Waals surface area contributed by atoms with Gasteiger partial charge in [-0.1, -0.05) is 74.0 Å². The lowest BCUT2D eigenvalue weighted by atomic mass is 9.63. The first-order valence-electron chi connectivity index (χ1n) is 10.1. The Bertz CT molecular complexity index is 730. The number of benzene rings is 2. The number of ketones is 1. The van der Waals surface area contributed by atoms with Crippen LogP contribution >= 0.6 is 0 Å². The molecule has 6 heteroatoms. The second-order valence-corrected chi connectivity index (χ2v) is 7.60. The first-order chi connectivity index (χ1) is 13.9. The van der Waals surface area contributed by atoms with E-state index in [2.05, 4.69) is 36.1 Å². The van der Waals surface area contributed by atoms with Crippen LogP contribution in [0, 0.1) is 16.0 Å². The molecule has 1 heterocycles. The van der Waals surface area contributed by atoms with E-state index in [0.29, 0.717) is 0 Å². The molecule has 6 nitrogen and oxygen atoms in total. The summed E-state index contributed by atoms with van der Waals surface area (Å²) in [6, 6.07) is 20.7. The lowest BCUT2D eigenvalue weighted by molar-refractivity contribution is -0.742. The third kappa shape index (κ3) is 5.64. The van der Waals surface area contributed by atoms with Crippen LogP contribution in [0.5, 0.6) is 0 Å². The molecule has 1 atom stereocenters. The fraction of sp³-hybridized carbons (Fsp3) is 0.435. The molecule has 2 aromatic carbocycles. The Morgan fingerprint density at radius 1 is 1.03 bits per heavy atom. The molecule has 1 aliphatic rings. The van der Waals surface area contributed by atoms with Gasteiger partial charge in [0.15, 0.2) is 0 Å². The molecule has 0 radical (unpaired) electrons. The zero-order valence-electron chi connectivity index (χ0n) is 17.2. The van der Waals surface area contributed by atoms with Gasteiger partial charge in [0, 0.05) is 6.54 Å². The van der Waals surface area contributed by atoms with Crippen LogP contribution in [0.4, 0.5) is 0 Å². The van der Waals surface area contributed by atoms with Crippen LogP contribution in [-0.4, -0.2) is 40.6 Å². The highest BCUT2D eigenvalue weighted by Crippen LogP contribution is 2.41. The maximum atomic E-state index is 13.1. The first-order valence-corrected chi connectivity index (χ1v) is 10.1. The predicted molar refractivity (Wildman–Crippen MR) is 113 cm³/mol. The minimum absolute atomic E-state index is 0.216. The molecule has 0 bridgehead atoms. The SMILES string of the molecule is CC(=O)C(c1ccccc1)(c1ccccc1)C(C)CN1CCCCC1.O=[N+]([O-])O. The summed E-state index contributed by atoms with van der Waals surface area (Å²) >= 11 is 0. The summed E-state index contributed by atoms with van der Waals surface area (Å²) in [5.74, 6) is 0.447. The molecular weight excluding hydrogens is 368 g/mol. The Morgan fingerprint density at radius 2 is 1.45 bits per heavy atom. The Kier molecular flexibility index (Phi) is 8.34. The topological polar surface area (TPSA) is 83.7 Å². The molecule has 1 aliphatic heterocycles. The largest absolute Gasteiger partial charge is 0.328 e. The summed E-state index contributed by atoms with van der Waals surface area (Å²) in [5.41, 5.74) is 1.64. The van der Waals surface area contributed by atoms with E-state index in [1.54, 1.807) is 6.92 Å². The highest BCUT2D eigenvalue weighted by atomic mass is 16.9. The molecule has 0 amide bonds. The van der Waals surface area contributed by atoms with Gasteiger partial charge >= 0.3 is 0 Å². The molecule has 0 saturated carbocycles. The van der Waals surface area contributed by atoms with Crippen molar-refractivity contribution in [3.8, 4) is 0 Å². The van der Waals surface area contributed by atoms with Gasteiger partial charge in [-0.15, -0.1) is 10.1 Å². The lowest BCUT2D eigenvalue weighted by Crippen LogP contribution is -2.47. The number of carbonyl (C=O) groups excluding carboxylic acids is 1. The van der Waals surface area contributed by atoms with E-state index in [9.17, 15) is 4.79 Å². The van der Waals surface area contributed by atoms with Crippen molar-refractivity contribution in [1.29, 1.82) is 0 Å². The standard InChI is InChI=1S/C23H29NO.HNO3/c1-19(18-24-16-10-5-11-17-24)23(20(2)25,21-12-6-3-7-13-21)22-14-8-4-9-15-22;2-1(3)4/h3-4,6-9,12-15,19H,5,10-11,16-18H2,1-2H3;(H,2,3,4). The van der Waals surface area contributed by atoms with Gasteiger partial charge in [-0.05, 0) is 49.9 Å². The van der Waals surface area contributed by atoms with Crippen molar-refractivity contribution in [2.75, 3.05) is 19.6 Å². The van der Waals surface area contributed by atoms with Gasteiger partial charge in [0.1, 0.15) is 5.78 Å². The normalized spacial score (nSPS) is 15.7. The molecule has 2 aromatic rings. The molecule has 0 aromatic heterocycles. The fourth-order valence-electron chi connectivity index (χ4n) is 4.56. The van der Waals surface area contributed by atoms with Crippen LogP contribution in [0.2, 0.25) is 0 Å². The average molecular weight is 399 g/mol. The van der Waals surface area contributed by atoms with Crippen molar-refractivity contribution in [1.82, 2.24) is 4.90 Å². The van der Waals surface area contributed by atoms with Crippen molar-refractivity contribution < 1.29 is 15.1 Å². The van der Waals surface area contributed by atoms with E-state index in [4.69, 9.17) is 15.3 Å². The minimum Gasteiger partial charge on any atom is -0.328 e. The van der Waals surface area contributed by atoms with E-state index in [1.807, 2.05) is 36.4 Å². The number of rotatable bonds is 6. The molecule has 29 heavy (non-hydrogen) atoms. The number of hydrogen-bond donors (Lipinski definition) is 1. The van der Waals surface area contributed by atoms with Crippen molar-refractivity contribution >= 4 is 5.78 Å². The van der Waals surface area contributed by atoms with Gasteiger partial charge in [0.2, 0.25) is 0 Å². The van der Waals surface area contributed by atoms with E-state index < -0.39 is 10.5 Å². The second-order valence-electron chi connectivity index (χ2n) is 7.60. The van der Waals surface area contributed by atoms with Crippen LogP contribution in [0.15, 0.2) is 60.7 Å². The van der Waals surface area contributed by atoms with Crippen molar-refractivity contribution in [3.05, 3.63) is 81.9 Å². The summed E-state index contributed by atoms with van der Waals surface area (Å²) < 4.78 is 0. The molecule has 1 N–H and O–H groups in total. The average Bonchev–Trinajstić information content (AvgIpc) is 2.70. The zero-order valence-corrected chi connectivity index (χ0v) is 17.2.